The van der Waals surface area contributed by atoms with Gasteiger partial charge < -0.3 is 9.47 Å². The van der Waals surface area contributed by atoms with E-state index < -0.39 is 0 Å². The molecule has 1 saturated carbocycles. The van der Waals surface area contributed by atoms with E-state index in [1.807, 2.05) is 12.1 Å². The van der Waals surface area contributed by atoms with Crippen molar-refractivity contribution >= 4 is 10.9 Å². The smallest absolute Gasteiger partial charge is 0.222 e. The maximum absolute atomic E-state index is 6.09. The molecule has 1 aliphatic rings. The van der Waals surface area contributed by atoms with Crippen LogP contribution in [-0.2, 0) is 0 Å². The molecule has 0 N–H and O–H groups in total. The van der Waals surface area contributed by atoms with Crippen LogP contribution >= 0.6 is 0 Å². The number of hydrogen-bond donors (Lipinski definition) is 0. The van der Waals surface area contributed by atoms with Crippen LogP contribution in [0.15, 0.2) is 24.5 Å². The lowest BCUT2D eigenvalue weighted by Crippen LogP contribution is -2.20. The highest BCUT2D eigenvalue weighted by Gasteiger charge is 2.17. The number of pyridine rings is 2. The lowest BCUT2D eigenvalue weighted by atomic mass is 9.98. The molecule has 4 nitrogen and oxygen atoms in total. The van der Waals surface area contributed by atoms with Crippen molar-refractivity contribution in [2.24, 2.45) is 0 Å². The largest absolute Gasteiger partial charge is 0.487 e. The van der Waals surface area contributed by atoms with Gasteiger partial charge in [-0.3, -0.25) is 4.98 Å². The predicted molar refractivity (Wildman–Crippen MR) is 73.6 cm³/mol. The molecule has 4 heteroatoms. The molecule has 0 amide bonds. The molecule has 1 fully saturated rings. The Kier molecular flexibility index (Phi) is 3.49. The minimum absolute atomic E-state index is 0.300. The average Bonchev–Trinajstić information content (AvgIpc) is 2.49. The fourth-order valence-corrected chi connectivity index (χ4v) is 2.63. The van der Waals surface area contributed by atoms with E-state index in [9.17, 15) is 0 Å². The molecular weight excluding hydrogens is 240 g/mol. The molecular formula is C15H18N2O2. The van der Waals surface area contributed by atoms with Gasteiger partial charge in [0.1, 0.15) is 5.52 Å². The molecule has 0 radical (unpaired) electrons. The van der Waals surface area contributed by atoms with Gasteiger partial charge in [-0.2, -0.15) is 0 Å². The topological polar surface area (TPSA) is 44.2 Å². The summed E-state index contributed by atoms with van der Waals surface area (Å²) in [6, 6.07) is 3.85. The summed E-state index contributed by atoms with van der Waals surface area (Å²) in [6.45, 7) is 0. The monoisotopic (exact) mass is 258 g/mol. The van der Waals surface area contributed by atoms with E-state index in [0.717, 1.165) is 29.5 Å². The quantitative estimate of drug-likeness (QED) is 0.846. The van der Waals surface area contributed by atoms with E-state index in [-0.39, 0.29) is 0 Å². The molecule has 19 heavy (non-hydrogen) atoms. The zero-order chi connectivity index (χ0) is 13.1. The standard InChI is InChI=1S/C15H18N2O2/c1-18-15-12-8-5-9-16-14(12)13(10-17-15)19-11-6-3-2-4-7-11/h5,8-11H,2-4,6-7H2,1H3. The SMILES string of the molecule is COc1ncc(OC2CCCCC2)c2ncccc12. The van der Waals surface area contributed by atoms with Gasteiger partial charge in [0.2, 0.25) is 5.88 Å². The van der Waals surface area contributed by atoms with Crippen LogP contribution in [0.25, 0.3) is 10.9 Å². The van der Waals surface area contributed by atoms with Gasteiger partial charge in [-0.15, -0.1) is 0 Å². The van der Waals surface area contributed by atoms with E-state index in [1.165, 1.54) is 19.3 Å². The lowest BCUT2D eigenvalue weighted by Gasteiger charge is -2.23. The van der Waals surface area contributed by atoms with Crippen molar-refractivity contribution in [2.45, 2.75) is 38.2 Å². The van der Waals surface area contributed by atoms with Gasteiger partial charge in [-0.25, -0.2) is 4.98 Å². The van der Waals surface area contributed by atoms with Crippen molar-refractivity contribution in [1.82, 2.24) is 9.97 Å². The van der Waals surface area contributed by atoms with Crippen molar-refractivity contribution < 1.29 is 9.47 Å². The summed E-state index contributed by atoms with van der Waals surface area (Å²) < 4.78 is 11.4. The Bertz CT molecular complexity index is 565. The zero-order valence-electron chi connectivity index (χ0n) is 11.1. The van der Waals surface area contributed by atoms with Crippen molar-refractivity contribution in [3.05, 3.63) is 24.5 Å². The Labute approximate surface area is 112 Å². The zero-order valence-corrected chi connectivity index (χ0v) is 11.1. The van der Waals surface area contributed by atoms with Gasteiger partial charge in [-0.05, 0) is 37.8 Å². The third-order valence-electron chi connectivity index (χ3n) is 3.61. The highest BCUT2D eigenvalue weighted by molar-refractivity contribution is 5.88. The van der Waals surface area contributed by atoms with Gasteiger partial charge in [0.15, 0.2) is 5.75 Å². The number of ether oxygens (including phenoxy) is 2. The van der Waals surface area contributed by atoms with Crippen LogP contribution in [-0.4, -0.2) is 23.2 Å². The molecule has 2 aromatic rings. The predicted octanol–water partition coefficient (Wildman–Crippen LogP) is 3.35. The fourth-order valence-electron chi connectivity index (χ4n) is 2.63. The lowest BCUT2D eigenvalue weighted by molar-refractivity contribution is 0.156. The minimum Gasteiger partial charge on any atom is -0.487 e. The van der Waals surface area contributed by atoms with Crippen LogP contribution in [0.2, 0.25) is 0 Å². The van der Waals surface area contributed by atoms with Gasteiger partial charge in [0.25, 0.3) is 0 Å². The highest BCUT2D eigenvalue weighted by Crippen LogP contribution is 2.31. The Balaban J connectivity index is 1.94. The molecule has 0 unspecified atom stereocenters. The summed E-state index contributed by atoms with van der Waals surface area (Å²) in [4.78, 5) is 8.71. The number of methoxy groups -OCH3 is 1. The first-order chi connectivity index (χ1) is 9.38. The van der Waals surface area contributed by atoms with Crippen molar-refractivity contribution in [2.75, 3.05) is 7.11 Å². The van der Waals surface area contributed by atoms with Crippen LogP contribution < -0.4 is 9.47 Å². The number of hydrogen-bond acceptors (Lipinski definition) is 4. The number of rotatable bonds is 3. The summed E-state index contributed by atoms with van der Waals surface area (Å²) in [6.07, 6.45) is 9.87. The van der Waals surface area contributed by atoms with E-state index in [4.69, 9.17) is 9.47 Å². The number of nitrogens with zero attached hydrogens (tertiary/aromatic N) is 2. The third kappa shape index (κ3) is 2.48. The van der Waals surface area contributed by atoms with E-state index in [0.29, 0.717) is 12.0 Å². The maximum Gasteiger partial charge on any atom is 0.222 e. The number of fused-ring (bicyclic) bond motifs is 1. The molecule has 0 aliphatic heterocycles. The first kappa shape index (κ1) is 12.2. The van der Waals surface area contributed by atoms with E-state index >= 15 is 0 Å². The molecule has 0 bridgehead atoms. The van der Waals surface area contributed by atoms with Crippen LogP contribution in [0.3, 0.4) is 0 Å². The first-order valence-electron chi connectivity index (χ1n) is 6.83. The molecule has 2 aromatic heterocycles. The molecule has 1 aliphatic carbocycles. The summed E-state index contributed by atoms with van der Waals surface area (Å²) in [5.74, 6) is 1.36. The van der Waals surface area contributed by atoms with Crippen molar-refractivity contribution in [3.8, 4) is 11.6 Å². The summed E-state index contributed by atoms with van der Waals surface area (Å²) in [5, 5.41) is 0.901. The third-order valence-corrected chi connectivity index (χ3v) is 3.61. The van der Waals surface area contributed by atoms with Gasteiger partial charge in [-0.1, -0.05) is 6.42 Å². The molecule has 3 rings (SSSR count). The summed E-state index contributed by atoms with van der Waals surface area (Å²) in [7, 11) is 1.62. The summed E-state index contributed by atoms with van der Waals surface area (Å²) >= 11 is 0. The van der Waals surface area contributed by atoms with Gasteiger partial charge in [0, 0.05) is 6.20 Å². The van der Waals surface area contributed by atoms with Crippen LogP contribution in [0.5, 0.6) is 11.6 Å². The highest BCUT2D eigenvalue weighted by atomic mass is 16.5. The molecule has 0 aromatic carbocycles. The van der Waals surface area contributed by atoms with E-state index in [2.05, 4.69) is 9.97 Å². The number of aromatic nitrogens is 2. The summed E-state index contributed by atoms with van der Waals surface area (Å²) in [5.41, 5.74) is 0.833. The van der Waals surface area contributed by atoms with Crippen molar-refractivity contribution in [3.63, 3.8) is 0 Å². The second-order valence-corrected chi connectivity index (χ2v) is 4.91. The maximum atomic E-state index is 6.09. The van der Waals surface area contributed by atoms with E-state index in [1.54, 1.807) is 19.5 Å². The Morgan fingerprint density at radius 2 is 2.00 bits per heavy atom. The Hall–Kier alpha value is -1.84. The van der Waals surface area contributed by atoms with Crippen LogP contribution in [0.4, 0.5) is 0 Å². The average molecular weight is 258 g/mol. The second kappa shape index (κ2) is 5.43. The van der Waals surface area contributed by atoms with Gasteiger partial charge in [0.05, 0.1) is 24.8 Å². The minimum atomic E-state index is 0.300. The van der Waals surface area contributed by atoms with Crippen LogP contribution in [0, 0.1) is 0 Å². The van der Waals surface area contributed by atoms with Crippen molar-refractivity contribution in [1.29, 1.82) is 0 Å². The molecule has 2 heterocycles. The fraction of sp³-hybridized carbons (Fsp3) is 0.467. The molecule has 0 spiro atoms. The van der Waals surface area contributed by atoms with Crippen LogP contribution in [0.1, 0.15) is 32.1 Å². The molecule has 0 saturated heterocycles. The molecule has 100 valence electrons. The van der Waals surface area contributed by atoms with Gasteiger partial charge >= 0.3 is 0 Å². The molecule has 0 atom stereocenters. The second-order valence-electron chi connectivity index (χ2n) is 4.91. The Morgan fingerprint density at radius 3 is 2.79 bits per heavy atom. The first-order valence-corrected chi connectivity index (χ1v) is 6.83. The normalized spacial score (nSPS) is 16.5. The Morgan fingerprint density at radius 1 is 1.16 bits per heavy atom.